The number of carbonyl (C=O) groups is 1. The second kappa shape index (κ2) is 10.7. The highest BCUT2D eigenvalue weighted by molar-refractivity contribution is 7.92. The minimum Gasteiger partial charge on any atom is -0.497 e. The van der Waals surface area contributed by atoms with Crippen molar-refractivity contribution in [3.63, 3.8) is 0 Å². The van der Waals surface area contributed by atoms with Gasteiger partial charge in [0.05, 0.1) is 30.5 Å². The first kappa shape index (κ1) is 25.4. The maximum atomic E-state index is 12.3. The fourth-order valence-corrected chi connectivity index (χ4v) is 4.38. The van der Waals surface area contributed by atoms with E-state index in [4.69, 9.17) is 9.47 Å². The van der Waals surface area contributed by atoms with Gasteiger partial charge < -0.3 is 14.8 Å². The number of sulfonamides is 2. The van der Waals surface area contributed by atoms with Crippen LogP contribution in [0.2, 0.25) is 0 Å². The second-order valence-electron chi connectivity index (χ2n) is 6.93. The van der Waals surface area contributed by atoms with Gasteiger partial charge in [-0.15, -0.1) is 0 Å². The van der Waals surface area contributed by atoms with E-state index in [0.29, 0.717) is 17.2 Å². The van der Waals surface area contributed by atoms with Gasteiger partial charge in [0.15, 0.2) is 0 Å². The van der Waals surface area contributed by atoms with Crippen LogP contribution in [0, 0.1) is 0 Å². The summed E-state index contributed by atoms with van der Waals surface area (Å²) in [6, 6.07) is 12.3. The van der Waals surface area contributed by atoms with Gasteiger partial charge in [0.1, 0.15) is 24.7 Å². The van der Waals surface area contributed by atoms with Crippen molar-refractivity contribution in [2.75, 3.05) is 51.5 Å². The van der Waals surface area contributed by atoms with E-state index >= 15 is 0 Å². The Morgan fingerprint density at radius 2 is 1.66 bits per heavy atom. The van der Waals surface area contributed by atoms with E-state index in [1.54, 1.807) is 18.2 Å². The molecule has 0 saturated carbocycles. The van der Waals surface area contributed by atoms with Crippen LogP contribution >= 0.6 is 0 Å². The highest BCUT2D eigenvalue weighted by Crippen LogP contribution is 2.23. The fraction of sp³-hybridized carbons (Fsp3) is 0.350. The molecule has 0 aromatic heterocycles. The van der Waals surface area contributed by atoms with E-state index in [-0.39, 0.29) is 18.0 Å². The number of nitrogens with zero attached hydrogens (tertiary/aromatic N) is 2. The molecule has 10 nitrogen and oxygen atoms in total. The molecule has 0 saturated heterocycles. The Bertz CT molecular complexity index is 1130. The van der Waals surface area contributed by atoms with Gasteiger partial charge in [-0.05, 0) is 36.4 Å². The van der Waals surface area contributed by atoms with Gasteiger partial charge in [0, 0.05) is 20.2 Å². The number of anilines is 1. The van der Waals surface area contributed by atoms with Crippen LogP contribution in [0.4, 0.5) is 5.69 Å². The molecular formula is C20H27N3O7S2. The lowest BCUT2D eigenvalue weighted by atomic mass is 10.3. The minimum atomic E-state index is -3.70. The molecular weight excluding hydrogens is 458 g/mol. The van der Waals surface area contributed by atoms with Crippen molar-refractivity contribution in [1.82, 2.24) is 9.62 Å². The maximum Gasteiger partial charge on any atom is 0.242 e. The van der Waals surface area contributed by atoms with E-state index < -0.39 is 32.5 Å². The third-order valence-corrected chi connectivity index (χ3v) is 7.29. The summed E-state index contributed by atoms with van der Waals surface area (Å²) >= 11 is 0. The van der Waals surface area contributed by atoms with Gasteiger partial charge in [0.25, 0.3) is 0 Å². The van der Waals surface area contributed by atoms with Gasteiger partial charge in [-0.2, -0.15) is 0 Å². The molecule has 0 radical (unpaired) electrons. The summed E-state index contributed by atoms with van der Waals surface area (Å²) in [6.45, 7) is -0.154. The molecule has 0 fully saturated rings. The first-order chi connectivity index (χ1) is 14.9. The van der Waals surface area contributed by atoms with Crippen molar-refractivity contribution in [1.29, 1.82) is 0 Å². The molecule has 1 amide bonds. The first-order valence-electron chi connectivity index (χ1n) is 9.49. The van der Waals surface area contributed by atoms with Crippen LogP contribution in [-0.4, -0.2) is 74.2 Å². The molecule has 0 aliphatic heterocycles. The Kier molecular flexibility index (Phi) is 8.47. The van der Waals surface area contributed by atoms with Crippen LogP contribution in [0.1, 0.15) is 0 Å². The van der Waals surface area contributed by atoms with Crippen LogP contribution < -0.4 is 19.1 Å². The van der Waals surface area contributed by atoms with E-state index in [0.717, 1.165) is 14.9 Å². The van der Waals surface area contributed by atoms with Crippen LogP contribution in [0.15, 0.2) is 53.4 Å². The Labute approximate surface area is 188 Å². The van der Waals surface area contributed by atoms with E-state index in [1.165, 1.54) is 51.5 Å². The molecule has 0 bridgehead atoms. The van der Waals surface area contributed by atoms with Gasteiger partial charge in [-0.3, -0.25) is 9.10 Å². The summed E-state index contributed by atoms with van der Waals surface area (Å²) in [5.41, 5.74) is 0.311. The first-order valence-corrected chi connectivity index (χ1v) is 12.8. The standard InChI is InChI=1S/C20H27N3O7S2/c1-22(2)32(27,28)19-10-8-17(9-11-19)30-13-12-21-20(24)15-23(31(4,25)26)16-6-5-7-18(14-16)29-3/h5-11,14H,12-13,15H2,1-4H3,(H,21,24). The van der Waals surface area contributed by atoms with Gasteiger partial charge in [-0.1, -0.05) is 6.07 Å². The van der Waals surface area contributed by atoms with Crippen LogP contribution in [0.25, 0.3) is 0 Å². The van der Waals surface area contributed by atoms with Crippen molar-refractivity contribution in [3.05, 3.63) is 48.5 Å². The number of benzene rings is 2. The zero-order chi connectivity index (χ0) is 23.9. The molecule has 176 valence electrons. The summed E-state index contributed by atoms with van der Waals surface area (Å²) in [5, 5.41) is 2.60. The number of methoxy groups -OCH3 is 1. The Hall–Kier alpha value is -2.83. The highest BCUT2D eigenvalue weighted by Gasteiger charge is 2.21. The predicted molar refractivity (Wildman–Crippen MR) is 121 cm³/mol. The smallest absolute Gasteiger partial charge is 0.242 e. The predicted octanol–water partition coefficient (Wildman–Crippen LogP) is 0.907. The van der Waals surface area contributed by atoms with Gasteiger partial charge in [-0.25, -0.2) is 21.1 Å². The summed E-state index contributed by atoms with van der Waals surface area (Å²) in [5.74, 6) is 0.398. The maximum absolute atomic E-state index is 12.3. The molecule has 0 aliphatic rings. The SMILES string of the molecule is COc1cccc(N(CC(=O)NCCOc2ccc(S(=O)(=O)N(C)C)cc2)S(C)(=O)=O)c1. The summed E-state index contributed by atoms with van der Waals surface area (Å²) in [4.78, 5) is 12.4. The number of amides is 1. The molecule has 1 N–H and O–H groups in total. The summed E-state index contributed by atoms with van der Waals surface area (Å²) in [6.07, 6.45) is 1.02. The number of ether oxygens (including phenoxy) is 2. The van der Waals surface area contributed by atoms with Crippen molar-refractivity contribution < 1.29 is 31.1 Å². The molecule has 12 heteroatoms. The molecule has 32 heavy (non-hydrogen) atoms. The molecule has 0 aliphatic carbocycles. The average Bonchev–Trinajstić information content (AvgIpc) is 2.74. The zero-order valence-corrected chi connectivity index (χ0v) is 19.9. The van der Waals surface area contributed by atoms with E-state index in [9.17, 15) is 21.6 Å². The quantitative estimate of drug-likeness (QED) is 0.469. The zero-order valence-electron chi connectivity index (χ0n) is 18.3. The molecule has 0 spiro atoms. The molecule has 2 rings (SSSR count). The van der Waals surface area contributed by atoms with Crippen molar-refractivity contribution in [2.24, 2.45) is 0 Å². The van der Waals surface area contributed by atoms with E-state index in [2.05, 4.69) is 5.32 Å². The minimum absolute atomic E-state index is 0.115. The summed E-state index contributed by atoms with van der Waals surface area (Å²) < 4.78 is 61.1. The number of rotatable bonds is 11. The Morgan fingerprint density at radius 3 is 2.22 bits per heavy atom. The third kappa shape index (κ3) is 6.84. The summed E-state index contributed by atoms with van der Waals surface area (Å²) in [7, 11) is -2.87. The van der Waals surface area contributed by atoms with Crippen LogP contribution in [-0.2, 0) is 24.8 Å². The molecule has 2 aromatic carbocycles. The third-order valence-electron chi connectivity index (χ3n) is 4.32. The number of carbonyl (C=O) groups excluding carboxylic acids is 1. The molecule has 0 atom stereocenters. The fourth-order valence-electron chi connectivity index (χ4n) is 2.63. The van der Waals surface area contributed by atoms with Crippen molar-refractivity contribution in [2.45, 2.75) is 4.90 Å². The number of hydrogen-bond acceptors (Lipinski definition) is 7. The van der Waals surface area contributed by atoms with Crippen LogP contribution in [0.5, 0.6) is 11.5 Å². The van der Waals surface area contributed by atoms with Crippen molar-refractivity contribution >= 4 is 31.6 Å². The average molecular weight is 486 g/mol. The Balaban J connectivity index is 1.90. The number of hydrogen-bond donors (Lipinski definition) is 1. The van der Waals surface area contributed by atoms with E-state index in [1.807, 2.05) is 0 Å². The highest BCUT2D eigenvalue weighted by atomic mass is 32.2. The van der Waals surface area contributed by atoms with Crippen LogP contribution in [0.3, 0.4) is 0 Å². The number of nitrogens with one attached hydrogen (secondary N) is 1. The van der Waals surface area contributed by atoms with Crippen molar-refractivity contribution in [3.8, 4) is 11.5 Å². The van der Waals surface area contributed by atoms with Gasteiger partial charge >= 0.3 is 0 Å². The topological polar surface area (TPSA) is 122 Å². The second-order valence-corrected chi connectivity index (χ2v) is 11.0. The largest absolute Gasteiger partial charge is 0.497 e. The lowest BCUT2D eigenvalue weighted by Gasteiger charge is -2.22. The van der Waals surface area contributed by atoms with Gasteiger partial charge in [0.2, 0.25) is 26.0 Å². The molecule has 2 aromatic rings. The normalized spacial score (nSPS) is 11.8. The molecule has 0 heterocycles. The monoisotopic (exact) mass is 485 g/mol. The molecule has 0 unspecified atom stereocenters. The lowest BCUT2D eigenvalue weighted by molar-refractivity contribution is -0.119. The Morgan fingerprint density at radius 1 is 1.00 bits per heavy atom. The lowest BCUT2D eigenvalue weighted by Crippen LogP contribution is -2.41.